The summed E-state index contributed by atoms with van der Waals surface area (Å²) in [6.07, 6.45) is 1.65. The van der Waals surface area contributed by atoms with Gasteiger partial charge >= 0.3 is 0 Å². The van der Waals surface area contributed by atoms with E-state index in [1.165, 1.54) is 6.92 Å². The molecule has 28 heavy (non-hydrogen) atoms. The number of nitrogens with zero attached hydrogens (tertiary/aromatic N) is 1. The summed E-state index contributed by atoms with van der Waals surface area (Å²) in [6.45, 7) is 6.92. The SMILES string of the molecule is CCC(CC)C(=O)NCCN(C(C)=O)c1ccc(OCc2ccccc2)cc1. The average molecular weight is 383 g/mol. The maximum atomic E-state index is 12.1. The van der Waals surface area contributed by atoms with Gasteiger partial charge in [0.15, 0.2) is 0 Å². The highest BCUT2D eigenvalue weighted by atomic mass is 16.5. The molecule has 0 fully saturated rings. The molecule has 2 rings (SSSR count). The second-order valence-corrected chi connectivity index (χ2v) is 6.74. The zero-order chi connectivity index (χ0) is 20.4. The third kappa shape index (κ3) is 6.41. The molecule has 0 heterocycles. The highest BCUT2D eigenvalue weighted by Crippen LogP contribution is 2.20. The van der Waals surface area contributed by atoms with Gasteiger partial charge in [-0.3, -0.25) is 9.59 Å². The summed E-state index contributed by atoms with van der Waals surface area (Å²) in [4.78, 5) is 25.8. The molecule has 0 bridgehead atoms. The smallest absolute Gasteiger partial charge is 0.223 e. The molecule has 0 aliphatic rings. The Balaban J connectivity index is 1.90. The Morgan fingerprint density at radius 2 is 1.64 bits per heavy atom. The van der Waals surface area contributed by atoms with Crippen molar-refractivity contribution in [1.82, 2.24) is 5.32 Å². The van der Waals surface area contributed by atoms with Crippen molar-refractivity contribution in [3.05, 3.63) is 60.2 Å². The molecule has 0 aliphatic heterocycles. The van der Waals surface area contributed by atoms with Crippen LogP contribution in [0, 0.1) is 5.92 Å². The zero-order valence-corrected chi connectivity index (χ0v) is 17.0. The van der Waals surface area contributed by atoms with E-state index in [0.29, 0.717) is 19.7 Å². The molecule has 2 amide bonds. The van der Waals surface area contributed by atoms with Crippen LogP contribution >= 0.6 is 0 Å². The van der Waals surface area contributed by atoms with Gasteiger partial charge in [-0.15, -0.1) is 0 Å². The van der Waals surface area contributed by atoms with Crippen molar-refractivity contribution in [1.29, 1.82) is 0 Å². The van der Waals surface area contributed by atoms with Crippen LogP contribution in [0.4, 0.5) is 5.69 Å². The van der Waals surface area contributed by atoms with Gasteiger partial charge in [-0.25, -0.2) is 0 Å². The van der Waals surface area contributed by atoms with Gasteiger partial charge in [-0.2, -0.15) is 0 Å². The van der Waals surface area contributed by atoms with Crippen molar-refractivity contribution in [3.63, 3.8) is 0 Å². The van der Waals surface area contributed by atoms with Gasteiger partial charge in [0.25, 0.3) is 0 Å². The zero-order valence-electron chi connectivity index (χ0n) is 17.0. The summed E-state index contributed by atoms with van der Waals surface area (Å²) in [5.74, 6) is 0.776. The quantitative estimate of drug-likeness (QED) is 0.671. The molecule has 150 valence electrons. The molecule has 0 saturated heterocycles. The van der Waals surface area contributed by atoms with Crippen LogP contribution in [0.5, 0.6) is 5.75 Å². The maximum Gasteiger partial charge on any atom is 0.223 e. The third-order valence-electron chi connectivity index (χ3n) is 4.77. The van der Waals surface area contributed by atoms with Crippen LogP contribution < -0.4 is 15.0 Å². The number of hydrogen-bond donors (Lipinski definition) is 1. The fraction of sp³-hybridized carbons (Fsp3) is 0.391. The number of carbonyl (C=O) groups is 2. The van der Waals surface area contributed by atoms with E-state index in [9.17, 15) is 9.59 Å². The van der Waals surface area contributed by atoms with Gasteiger partial charge in [0.05, 0.1) is 0 Å². The first-order chi connectivity index (χ1) is 13.5. The molecular formula is C23H30N2O3. The number of anilines is 1. The number of benzene rings is 2. The summed E-state index contributed by atoms with van der Waals surface area (Å²) in [6, 6.07) is 17.4. The van der Waals surface area contributed by atoms with E-state index in [1.54, 1.807) is 4.90 Å². The van der Waals surface area contributed by atoms with E-state index in [-0.39, 0.29) is 17.7 Å². The fourth-order valence-corrected chi connectivity index (χ4v) is 3.03. The standard InChI is InChI=1S/C23H30N2O3/c1-4-20(5-2)23(27)24-15-16-25(18(3)26)21-11-13-22(14-12-21)28-17-19-9-7-6-8-10-19/h6-14,20H,4-5,15-17H2,1-3H3,(H,24,27). The van der Waals surface area contributed by atoms with Gasteiger partial charge in [-0.1, -0.05) is 44.2 Å². The molecule has 0 unspecified atom stereocenters. The summed E-state index contributed by atoms with van der Waals surface area (Å²) in [5, 5.41) is 2.93. The van der Waals surface area contributed by atoms with Crippen LogP contribution in [0.2, 0.25) is 0 Å². The maximum absolute atomic E-state index is 12.1. The van der Waals surface area contributed by atoms with Crippen molar-refractivity contribution in [3.8, 4) is 5.75 Å². The van der Waals surface area contributed by atoms with Crippen LogP contribution in [0.1, 0.15) is 39.2 Å². The third-order valence-corrected chi connectivity index (χ3v) is 4.77. The number of nitrogens with one attached hydrogen (secondary N) is 1. The van der Waals surface area contributed by atoms with Crippen molar-refractivity contribution in [2.24, 2.45) is 5.92 Å². The van der Waals surface area contributed by atoms with Crippen LogP contribution in [0.15, 0.2) is 54.6 Å². The molecule has 5 nitrogen and oxygen atoms in total. The number of ether oxygens (including phenoxy) is 1. The fourth-order valence-electron chi connectivity index (χ4n) is 3.03. The van der Waals surface area contributed by atoms with Crippen LogP contribution in [0.3, 0.4) is 0 Å². The van der Waals surface area contributed by atoms with Gasteiger partial charge in [0, 0.05) is 31.6 Å². The Labute approximate surface area is 167 Å². The average Bonchev–Trinajstić information content (AvgIpc) is 2.71. The van der Waals surface area contributed by atoms with Gasteiger partial charge < -0.3 is 15.0 Å². The summed E-state index contributed by atoms with van der Waals surface area (Å²) in [7, 11) is 0. The molecule has 0 saturated carbocycles. The van der Waals surface area contributed by atoms with E-state index < -0.39 is 0 Å². The lowest BCUT2D eigenvalue weighted by Crippen LogP contribution is -2.39. The van der Waals surface area contributed by atoms with Gasteiger partial charge in [0.1, 0.15) is 12.4 Å². The molecule has 0 radical (unpaired) electrons. The minimum Gasteiger partial charge on any atom is -0.489 e. The van der Waals surface area contributed by atoms with Crippen molar-refractivity contribution in [2.75, 3.05) is 18.0 Å². The normalized spacial score (nSPS) is 10.6. The van der Waals surface area contributed by atoms with Crippen LogP contribution in [0.25, 0.3) is 0 Å². The van der Waals surface area contributed by atoms with Crippen LogP contribution in [-0.4, -0.2) is 24.9 Å². The molecule has 1 N–H and O–H groups in total. The summed E-state index contributed by atoms with van der Waals surface area (Å²) < 4.78 is 5.79. The number of carbonyl (C=O) groups excluding carboxylic acids is 2. The molecule has 5 heteroatoms. The molecule has 2 aromatic carbocycles. The van der Waals surface area contributed by atoms with E-state index in [1.807, 2.05) is 68.4 Å². The first-order valence-corrected chi connectivity index (χ1v) is 9.87. The summed E-state index contributed by atoms with van der Waals surface area (Å²) >= 11 is 0. The summed E-state index contributed by atoms with van der Waals surface area (Å²) in [5.41, 5.74) is 1.89. The Morgan fingerprint density at radius 1 is 1.00 bits per heavy atom. The Morgan fingerprint density at radius 3 is 2.21 bits per heavy atom. The van der Waals surface area contributed by atoms with Crippen molar-refractivity contribution in [2.45, 2.75) is 40.2 Å². The molecule has 0 spiro atoms. The van der Waals surface area contributed by atoms with E-state index in [0.717, 1.165) is 29.8 Å². The highest BCUT2D eigenvalue weighted by molar-refractivity contribution is 5.91. The largest absolute Gasteiger partial charge is 0.489 e. The van der Waals surface area contributed by atoms with E-state index >= 15 is 0 Å². The Bertz CT molecular complexity index is 740. The predicted molar refractivity (Wildman–Crippen MR) is 112 cm³/mol. The number of amides is 2. The monoisotopic (exact) mass is 382 g/mol. The molecule has 2 aromatic rings. The highest BCUT2D eigenvalue weighted by Gasteiger charge is 2.15. The predicted octanol–water partition coefficient (Wildman–Crippen LogP) is 4.17. The lowest BCUT2D eigenvalue weighted by Gasteiger charge is -2.22. The van der Waals surface area contributed by atoms with E-state index in [4.69, 9.17) is 4.74 Å². The van der Waals surface area contributed by atoms with Crippen molar-refractivity contribution < 1.29 is 14.3 Å². The molecule has 0 aromatic heterocycles. The van der Waals surface area contributed by atoms with Gasteiger partial charge in [-0.05, 0) is 42.7 Å². The second kappa shape index (κ2) is 11.1. The minimum absolute atomic E-state index is 0.0341. The molecule has 0 atom stereocenters. The lowest BCUT2D eigenvalue weighted by molar-refractivity contribution is -0.125. The lowest BCUT2D eigenvalue weighted by atomic mass is 10.0. The second-order valence-electron chi connectivity index (χ2n) is 6.74. The Hall–Kier alpha value is -2.82. The first-order valence-electron chi connectivity index (χ1n) is 9.87. The Kier molecular flexibility index (Phi) is 8.53. The molecular weight excluding hydrogens is 352 g/mol. The van der Waals surface area contributed by atoms with E-state index in [2.05, 4.69) is 5.32 Å². The number of rotatable bonds is 10. The van der Waals surface area contributed by atoms with Gasteiger partial charge in [0.2, 0.25) is 11.8 Å². The molecule has 0 aliphatic carbocycles. The number of hydrogen-bond acceptors (Lipinski definition) is 3. The minimum atomic E-state index is -0.0604. The topological polar surface area (TPSA) is 58.6 Å². The first kappa shape index (κ1) is 21.5. The van der Waals surface area contributed by atoms with Crippen molar-refractivity contribution >= 4 is 17.5 Å². The van der Waals surface area contributed by atoms with Crippen LogP contribution in [-0.2, 0) is 16.2 Å².